The number of ether oxygens (including phenoxy) is 1. The molecule has 1 aliphatic heterocycles. The van der Waals surface area contributed by atoms with Crippen LogP contribution in [0.25, 0.3) is 23.1 Å². The Hall–Kier alpha value is -4.13. The Morgan fingerprint density at radius 1 is 1.03 bits per heavy atom. The first-order valence-electron chi connectivity index (χ1n) is 12.8. The number of nitrogens with one attached hydrogen (secondary N) is 2. The van der Waals surface area contributed by atoms with Gasteiger partial charge in [0.15, 0.2) is 0 Å². The number of H-pyrrole nitrogens is 1. The minimum absolute atomic E-state index is 0.218. The number of fused-ring (bicyclic) bond motifs is 1. The second kappa shape index (κ2) is 10.5. The lowest BCUT2D eigenvalue weighted by Crippen LogP contribution is -2.41. The fourth-order valence-electron chi connectivity index (χ4n) is 4.62. The highest BCUT2D eigenvalue weighted by molar-refractivity contribution is 5.91. The third-order valence-electron chi connectivity index (χ3n) is 6.54. The number of amides is 1. The van der Waals surface area contributed by atoms with E-state index in [2.05, 4.69) is 68.8 Å². The van der Waals surface area contributed by atoms with E-state index in [-0.39, 0.29) is 6.09 Å². The largest absolute Gasteiger partial charge is 0.444 e. The average Bonchev–Trinajstić information content (AvgIpc) is 3.38. The predicted molar refractivity (Wildman–Crippen MR) is 149 cm³/mol. The normalized spacial score (nSPS) is 14.8. The summed E-state index contributed by atoms with van der Waals surface area (Å²) in [4.78, 5) is 26.3. The molecule has 1 amide bonds. The van der Waals surface area contributed by atoms with Gasteiger partial charge in [0.2, 0.25) is 5.95 Å². The molecule has 0 unspecified atom stereocenters. The van der Waals surface area contributed by atoms with Gasteiger partial charge in [-0.05, 0) is 74.9 Å². The van der Waals surface area contributed by atoms with E-state index in [9.17, 15) is 4.79 Å². The zero-order chi connectivity index (χ0) is 25.8. The van der Waals surface area contributed by atoms with E-state index < -0.39 is 5.60 Å². The minimum atomic E-state index is -0.463. The first-order valence-corrected chi connectivity index (χ1v) is 12.8. The van der Waals surface area contributed by atoms with Crippen molar-refractivity contribution in [1.29, 1.82) is 0 Å². The monoisotopic (exact) mass is 495 g/mol. The van der Waals surface area contributed by atoms with Gasteiger partial charge in [0, 0.05) is 53.8 Å². The second-order valence-corrected chi connectivity index (χ2v) is 10.4. The number of aromatic nitrogens is 3. The number of piperidine rings is 1. The van der Waals surface area contributed by atoms with Gasteiger partial charge in [-0.15, -0.1) is 0 Å². The van der Waals surface area contributed by atoms with E-state index in [1.807, 2.05) is 56.4 Å². The van der Waals surface area contributed by atoms with Crippen LogP contribution in [0.2, 0.25) is 0 Å². The van der Waals surface area contributed by atoms with Gasteiger partial charge in [0.1, 0.15) is 5.60 Å². The van der Waals surface area contributed by atoms with Crippen molar-refractivity contribution in [3.05, 3.63) is 83.8 Å². The highest BCUT2D eigenvalue weighted by Gasteiger charge is 2.27. The van der Waals surface area contributed by atoms with Gasteiger partial charge >= 0.3 is 6.09 Å². The van der Waals surface area contributed by atoms with Crippen LogP contribution in [0.15, 0.2) is 67.1 Å². The number of carbonyl (C=O) groups excluding carboxylic acids is 1. The lowest BCUT2D eigenvalue weighted by atomic mass is 9.89. The molecule has 0 bridgehead atoms. The molecule has 5 rings (SSSR count). The molecule has 2 aromatic carbocycles. The molecule has 3 heterocycles. The standard InChI is InChI=1S/C30H33N5O2/c1-30(2,3)37-29(36)35-17-14-23(15-18-35)22-9-11-25(12-10-22)34-28-32-19-21(20-33-28)7-8-24-5-4-6-27-26(24)13-16-31-27/h4-13,16,19-20,23,31H,14-15,17-18H2,1-3H3,(H,32,33,34)/b8-7+. The average molecular weight is 496 g/mol. The summed E-state index contributed by atoms with van der Waals surface area (Å²) in [5, 5.41) is 4.47. The van der Waals surface area contributed by atoms with Crippen molar-refractivity contribution in [2.24, 2.45) is 0 Å². The van der Waals surface area contributed by atoms with E-state index >= 15 is 0 Å². The van der Waals surface area contributed by atoms with Crippen LogP contribution in [-0.4, -0.2) is 44.6 Å². The number of nitrogens with zero attached hydrogens (tertiary/aromatic N) is 3. The summed E-state index contributed by atoms with van der Waals surface area (Å²) in [6.45, 7) is 7.13. The van der Waals surface area contributed by atoms with Crippen LogP contribution in [0.4, 0.5) is 16.4 Å². The Morgan fingerprint density at radius 2 is 1.76 bits per heavy atom. The van der Waals surface area contributed by atoms with Crippen LogP contribution in [0.5, 0.6) is 0 Å². The van der Waals surface area contributed by atoms with Crippen LogP contribution in [0.1, 0.15) is 56.2 Å². The summed E-state index contributed by atoms with van der Waals surface area (Å²) in [5.74, 6) is 0.996. The van der Waals surface area contributed by atoms with Gasteiger partial charge in [0.25, 0.3) is 0 Å². The van der Waals surface area contributed by atoms with E-state index in [4.69, 9.17) is 4.74 Å². The van der Waals surface area contributed by atoms with Crippen LogP contribution in [0.3, 0.4) is 0 Å². The SMILES string of the molecule is CC(C)(C)OC(=O)N1CCC(c2ccc(Nc3ncc(/C=C/c4cccc5[nH]ccc45)cn3)cc2)CC1. The smallest absolute Gasteiger partial charge is 0.410 e. The van der Waals surface area contributed by atoms with Crippen LogP contribution in [0, 0.1) is 0 Å². The van der Waals surface area contributed by atoms with E-state index in [1.165, 1.54) is 10.9 Å². The lowest BCUT2D eigenvalue weighted by molar-refractivity contribution is 0.0205. The van der Waals surface area contributed by atoms with Gasteiger partial charge in [-0.2, -0.15) is 0 Å². The lowest BCUT2D eigenvalue weighted by Gasteiger charge is -2.33. The van der Waals surface area contributed by atoms with Crippen molar-refractivity contribution in [3.63, 3.8) is 0 Å². The van der Waals surface area contributed by atoms with Crippen LogP contribution < -0.4 is 5.32 Å². The number of likely N-dealkylation sites (tertiary alicyclic amines) is 1. The maximum absolute atomic E-state index is 12.3. The Kier molecular flexibility index (Phi) is 6.95. The Bertz CT molecular complexity index is 1380. The summed E-state index contributed by atoms with van der Waals surface area (Å²) < 4.78 is 5.51. The van der Waals surface area contributed by atoms with Gasteiger partial charge in [-0.25, -0.2) is 14.8 Å². The number of hydrogen-bond acceptors (Lipinski definition) is 5. The third kappa shape index (κ3) is 6.17. The molecule has 2 N–H and O–H groups in total. The number of hydrogen-bond donors (Lipinski definition) is 2. The molecule has 1 fully saturated rings. The molecule has 1 saturated heterocycles. The molecular weight excluding hydrogens is 462 g/mol. The molecule has 0 spiro atoms. The van der Waals surface area contributed by atoms with Crippen LogP contribution in [-0.2, 0) is 4.74 Å². The number of aromatic amines is 1. The number of rotatable bonds is 5. The molecule has 7 nitrogen and oxygen atoms in total. The highest BCUT2D eigenvalue weighted by atomic mass is 16.6. The first-order chi connectivity index (χ1) is 17.8. The molecule has 0 saturated carbocycles. The number of benzene rings is 2. The van der Waals surface area contributed by atoms with Crippen molar-refractivity contribution in [2.75, 3.05) is 18.4 Å². The van der Waals surface area contributed by atoms with Gasteiger partial charge < -0.3 is 19.9 Å². The number of carbonyl (C=O) groups is 1. The van der Waals surface area contributed by atoms with Crippen molar-refractivity contribution in [2.45, 2.75) is 45.1 Å². The predicted octanol–water partition coefficient (Wildman–Crippen LogP) is 6.99. The molecule has 0 radical (unpaired) electrons. The summed E-state index contributed by atoms with van der Waals surface area (Å²) >= 11 is 0. The van der Waals surface area contributed by atoms with E-state index in [0.717, 1.165) is 35.2 Å². The van der Waals surface area contributed by atoms with Crippen molar-refractivity contribution in [3.8, 4) is 0 Å². The van der Waals surface area contributed by atoms with Crippen molar-refractivity contribution >= 4 is 40.8 Å². The molecule has 0 aliphatic carbocycles. The quantitative estimate of drug-likeness (QED) is 0.312. The first kappa shape index (κ1) is 24.6. The Balaban J connectivity index is 1.15. The minimum Gasteiger partial charge on any atom is -0.444 e. The molecule has 0 atom stereocenters. The maximum Gasteiger partial charge on any atom is 0.410 e. The van der Waals surface area contributed by atoms with Gasteiger partial charge in [-0.3, -0.25) is 0 Å². The fourth-order valence-corrected chi connectivity index (χ4v) is 4.62. The molecule has 1 aliphatic rings. The summed E-state index contributed by atoms with van der Waals surface area (Å²) in [6, 6.07) is 16.7. The van der Waals surface area contributed by atoms with Crippen molar-refractivity contribution in [1.82, 2.24) is 19.9 Å². The Morgan fingerprint density at radius 3 is 2.46 bits per heavy atom. The van der Waals surface area contributed by atoms with Crippen LogP contribution >= 0.6 is 0 Å². The molecule has 2 aromatic heterocycles. The second-order valence-electron chi connectivity index (χ2n) is 10.4. The zero-order valence-electron chi connectivity index (χ0n) is 21.6. The molecule has 4 aromatic rings. The third-order valence-corrected chi connectivity index (χ3v) is 6.54. The summed E-state index contributed by atoms with van der Waals surface area (Å²) in [5.41, 5.74) is 4.97. The molecular formula is C30H33N5O2. The van der Waals surface area contributed by atoms with E-state index in [1.54, 1.807) is 0 Å². The molecule has 7 heteroatoms. The molecule has 37 heavy (non-hydrogen) atoms. The molecule has 190 valence electrons. The summed E-state index contributed by atoms with van der Waals surface area (Å²) in [6.07, 6.45) is 11.3. The maximum atomic E-state index is 12.3. The zero-order valence-corrected chi connectivity index (χ0v) is 21.6. The number of anilines is 2. The van der Waals surface area contributed by atoms with E-state index in [0.29, 0.717) is 25.0 Å². The van der Waals surface area contributed by atoms with Gasteiger partial charge in [0.05, 0.1) is 0 Å². The van der Waals surface area contributed by atoms with Crippen molar-refractivity contribution < 1.29 is 9.53 Å². The summed E-state index contributed by atoms with van der Waals surface area (Å²) in [7, 11) is 0. The topological polar surface area (TPSA) is 83.1 Å². The Labute approximate surface area is 217 Å². The fraction of sp³-hybridized carbons (Fsp3) is 0.300. The van der Waals surface area contributed by atoms with Gasteiger partial charge in [-0.1, -0.05) is 36.4 Å². The highest BCUT2D eigenvalue weighted by Crippen LogP contribution is 2.30.